The monoisotopic (exact) mass is 453 g/mol. The molecule has 0 radical (unpaired) electrons. The van der Waals surface area contributed by atoms with Crippen LogP contribution in [-0.2, 0) is 10.0 Å². The van der Waals surface area contributed by atoms with Crippen molar-refractivity contribution in [1.29, 1.82) is 0 Å². The van der Waals surface area contributed by atoms with Crippen molar-refractivity contribution in [3.05, 3.63) is 120 Å². The number of fused-ring (bicyclic) bond motifs is 3. The Balaban J connectivity index is 1.70. The molecule has 1 aliphatic rings. The van der Waals surface area contributed by atoms with Gasteiger partial charge in [0.1, 0.15) is 0 Å². The molecule has 0 bridgehead atoms. The summed E-state index contributed by atoms with van der Waals surface area (Å²) in [5, 5.41) is 0. The molecule has 164 valence electrons. The van der Waals surface area contributed by atoms with E-state index in [1.54, 1.807) is 36.4 Å². The first-order valence-electron chi connectivity index (χ1n) is 10.8. The Labute approximate surface area is 194 Å². The van der Waals surface area contributed by atoms with E-state index in [-0.39, 0.29) is 17.1 Å². The molecule has 1 atom stereocenters. The number of Topliss-reactive ketones (excluding diaryl/α,β-unsaturated/α-hetero) is 1. The fraction of sp³-hybridized carbons (Fsp3) is 0.107. The van der Waals surface area contributed by atoms with E-state index in [1.165, 1.54) is 4.31 Å². The van der Waals surface area contributed by atoms with E-state index in [4.69, 9.17) is 0 Å². The lowest BCUT2D eigenvalue weighted by molar-refractivity contribution is 0.0975. The van der Waals surface area contributed by atoms with Gasteiger partial charge in [-0.2, -0.15) is 0 Å². The molecule has 1 heterocycles. The van der Waals surface area contributed by atoms with Crippen LogP contribution in [-0.4, -0.2) is 14.2 Å². The molecule has 5 rings (SSSR count). The molecule has 4 aromatic carbocycles. The topological polar surface area (TPSA) is 54.5 Å². The highest BCUT2D eigenvalue weighted by molar-refractivity contribution is 7.92. The van der Waals surface area contributed by atoms with Gasteiger partial charge in [-0.1, -0.05) is 90.5 Å². The van der Waals surface area contributed by atoms with Crippen LogP contribution in [0.5, 0.6) is 0 Å². The third-order valence-corrected chi connectivity index (χ3v) is 7.92. The maximum Gasteiger partial charge on any atom is 0.264 e. The van der Waals surface area contributed by atoms with E-state index >= 15 is 0 Å². The van der Waals surface area contributed by atoms with Crippen molar-refractivity contribution in [2.24, 2.45) is 0 Å². The van der Waals surface area contributed by atoms with Gasteiger partial charge >= 0.3 is 0 Å². The molecule has 0 aromatic heterocycles. The van der Waals surface area contributed by atoms with Crippen LogP contribution in [0.3, 0.4) is 0 Å². The van der Waals surface area contributed by atoms with Crippen LogP contribution in [0.1, 0.15) is 33.9 Å². The van der Waals surface area contributed by atoms with Crippen molar-refractivity contribution in [3.8, 4) is 11.1 Å². The van der Waals surface area contributed by atoms with Gasteiger partial charge in [0.2, 0.25) is 0 Å². The molecule has 0 saturated carbocycles. The molecule has 4 nitrogen and oxygen atoms in total. The normalized spacial score (nSPS) is 14.9. The molecule has 5 heteroatoms. The van der Waals surface area contributed by atoms with E-state index in [2.05, 4.69) is 0 Å². The van der Waals surface area contributed by atoms with Crippen molar-refractivity contribution in [2.75, 3.05) is 4.31 Å². The largest absolute Gasteiger partial charge is 0.294 e. The lowest BCUT2D eigenvalue weighted by Crippen LogP contribution is -2.38. The van der Waals surface area contributed by atoms with Crippen LogP contribution in [0, 0.1) is 6.92 Å². The molecule has 4 aromatic rings. The van der Waals surface area contributed by atoms with Crippen LogP contribution < -0.4 is 4.31 Å². The van der Waals surface area contributed by atoms with E-state index < -0.39 is 16.1 Å². The Bertz CT molecular complexity index is 1430. The molecular weight excluding hydrogens is 430 g/mol. The summed E-state index contributed by atoms with van der Waals surface area (Å²) >= 11 is 0. The number of hydrogen-bond donors (Lipinski definition) is 0. The van der Waals surface area contributed by atoms with Crippen molar-refractivity contribution < 1.29 is 13.2 Å². The SMILES string of the molecule is Cc1ccc(S(=O)(=O)N2c3ccccc3-c3ccccc3C2CC(=O)c2ccccc2)cc1. The maximum atomic E-state index is 14.0. The van der Waals surface area contributed by atoms with Crippen molar-refractivity contribution in [3.63, 3.8) is 0 Å². The summed E-state index contributed by atoms with van der Waals surface area (Å²) in [5.41, 5.74) is 4.76. The summed E-state index contributed by atoms with van der Waals surface area (Å²) < 4.78 is 29.5. The van der Waals surface area contributed by atoms with Gasteiger partial charge in [0, 0.05) is 17.5 Å². The van der Waals surface area contributed by atoms with Gasteiger partial charge in [0.15, 0.2) is 5.78 Å². The number of nitrogens with zero attached hydrogens (tertiary/aromatic N) is 1. The minimum Gasteiger partial charge on any atom is -0.294 e. The van der Waals surface area contributed by atoms with Gasteiger partial charge in [0.25, 0.3) is 10.0 Å². The average Bonchev–Trinajstić information content (AvgIpc) is 2.85. The molecule has 0 N–H and O–H groups in total. The number of hydrogen-bond acceptors (Lipinski definition) is 3. The van der Waals surface area contributed by atoms with Gasteiger partial charge in [-0.15, -0.1) is 0 Å². The molecule has 0 spiro atoms. The van der Waals surface area contributed by atoms with Gasteiger partial charge in [-0.3, -0.25) is 9.10 Å². The Morgan fingerprint density at radius 3 is 2.09 bits per heavy atom. The van der Waals surface area contributed by atoms with Gasteiger partial charge < -0.3 is 0 Å². The number of rotatable bonds is 5. The Morgan fingerprint density at radius 2 is 1.36 bits per heavy atom. The van der Waals surface area contributed by atoms with Crippen molar-refractivity contribution in [1.82, 2.24) is 0 Å². The lowest BCUT2D eigenvalue weighted by Gasteiger charge is -2.39. The first kappa shape index (κ1) is 21.2. The summed E-state index contributed by atoms with van der Waals surface area (Å²) in [4.78, 5) is 13.5. The van der Waals surface area contributed by atoms with Crippen LogP contribution >= 0.6 is 0 Å². The fourth-order valence-corrected chi connectivity index (χ4v) is 6.10. The van der Waals surface area contributed by atoms with Crippen LogP contribution in [0.15, 0.2) is 108 Å². The molecule has 1 unspecified atom stereocenters. The predicted octanol–water partition coefficient (Wildman–Crippen LogP) is 6.19. The number of para-hydroxylation sites is 1. The first-order chi connectivity index (χ1) is 16.0. The number of carbonyl (C=O) groups is 1. The molecule has 1 aliphatic heterocycles. The highest BCUT2D eigenvalue weighted by Crippen LogP contribution is 2.48. The third kappa shape index (κ3) is 3.74. The van der Waals surface area contributed by atoms with E-state index in [1.807, 2.05) is 73.7 Å². The second-order valence-corrected chi connectivity index (χ2v) is 10.0. The maximum absolute atomic E-state index is 14.0. The number of aryl methyl sites for hydroxylation is 1. The average molecular weight is 454 g/mol. The molecular formula is C28H23NO3S. The number of carbonyl (C=O) groups excluding carboxylic acids is 1. The standard InChI is InChI=1S/C28H23NO3S/c1-20-15-17-22(18-16-20)33(31,32)29-26-14-8-7-12-24(26)23-11-5-6-13-25(23)27(29)19-28(30)21-9-3-2-4-10-21/h2-18,27H,19H2,1H3. The van der Waals surface area contributed by atoms with Gasteiger partial charge in [0.05, 0.1) is 16.6 Å². The zero-order valence-electron chi connectivity index (χ0n) is 18.2. The molecule has 0 amide bonds. The highest BCUT2D eigenvalue weighted by atomic mass is 32.2. The van der Waals surface area contributed by atoms with Gasteiger partial charge in [-0.05, 0) is 36.2 Å². The van der Waals surface area contributed by atoms with Crippen LogP contribution in [0.4, 0.5) is 5.69 Å². The van der Waals surface area contributed by atoms with Crippen molar-refractivity contribution in [2.45, 2.75) is 24.3 Å². The zero-order chi connectivity index (χ0) is 23.0. The van der Waals surface area contributed by atoms with E-state index in [9.17, 15) is 13.2 Å². The number of ketones is 1. The number of benzene rings is 4. The first-order valence-corrected chi connectivity index (χ1v) is 12.3. The number of sulfonamides is 1. The minimum absolute atomic E-state index is 0.0421. The fourth-order valence-electron chi connectivity index (χ4n) is 4.45. The summed E-state index contributed by atoms with van der Waals surface area (Å²) in [6, 6.07) is 30.4. The number of anilines is 1. The van der Waals surface area contributed by atoms with E-state index in [0.29, 0.717) is 11.3 Å². The summed E-state index contributed by atoms with van der Waals surface area (Å²) in [7, 11) is -3.93. The molecule has 0 fully saturated rings. The Hall–Kier alpha value is -3.70. The van der Waals surface area contributed by atoms with E-state index in [0.717, 1.165) is 22.3 Å². The smallest absolute Gasteiger partial charge is 0.264 e. The summed E-state index contributed by atoms with van der Waals surface area (Å²) in [5.74, 6) is -0.0982. The second kappa shape index (κ2) is 8.34. The minimum atomic E-state index is -3.93. The molecule has 33 heavy (non-hydrogen) atoms. The Morgan fingerprint density at radius 1 is 0.758 bits per heavy atom. The highest BCUT2D eigenvalue weighted by Gasteiger charge is 2.39. The van der Waals surface area contributed by atoms with Crippen molar-refractivity contribution >= 4 is 21.5 Å². The molecule has 0 aliphatic carbocycles. The second-order valence-electron chi connectivity index (χ2n) is 8.23. The quantitative estimate of drug-likeness (QED) is 0.339. The van der Waals surface area contributed by atoms with Crippen LogP contribution in [0.2, 0.25) is 0 Å². The van der Waals surface area contributed by atoms with Gasteiger partial charge in [-0.25, -0.2) is 8.42 Å². The third-order valence-electron chi connectivity index (χ3n) is 6.09. The predicted molar refractivity (Wildman–Crippen MR) is 131 cm³/mol. The zero-order valence-corrected chi connectivity index (χ0v) is 19.0. The molecule has 0 saturated heterocycles. The summed E-state index contributed by atoms with van der Waals surface area (Å²) in [6.45, 7) is 1.92. The summed E-state index contributed by atoms with van der Waals surface area (Å²) in [6.07, 6.45) is 0.0421. The lowest BCUT2D eigenvalue weighted by atomic mass is 9.87. The van der Waals surface area contributed by atoms with Crippen LogP contribution in [0.25, 0.3) is 11.1 Å². The Kier molecular flexibility index (Phi) is 5.35.